The first kappa shape index (κ1) is 15.2. The molecule has 0 bridgehead atoms. The number of nitriles is 1. The van der Waals surface area contributed by atoms with Crippen LogP contribution in [0, 0.1) is 11.3 Å². The molecule has 4 rings (SSSR count). The number of carbonyl (C=O) groups is 1. The SMILES string of the molecule is N#CC1=C(N)Oc2[nH]c(=O)[nH]c(=O)c2[C@@]12C(=O)Nc1ccc(Br)cc12. The fraction of sp³-hybridized carbons (Fsp3) is 0.0667. The van der Waals surface area contributed by atoms with Gasteiger partial charge in [-0.05, 0) is 18.2 Å². The molecular weight excluding hydrogens is 394 g/mol. The second-order valence-corrected chi connectivity index (χ2v) is 6.38. The molecule has 5 N–H and O–H groups in total. The van der Waals surface area contributed by atoms with Crippen molar-refractivity contribution in [2.75, 3.05) is 5.32 Å². The highest BCUT2D eigenvalue weighted by atomic mass is 79.9. The number of rotatable bonds is 0. The molecule has 25 heavy (non-hydrogen) atoms. The number of H-pyrrole nitrogens is 2. The van der Waals surface area contributed by atoms with Crippen LogP contribution in [-0.2, 0) is 10.2 Å². The number of benzene rings is 1. The summed E-state index contributed by atoms with van der Waals surface area (Å²) in [5.74, 6) is -1.27. The van der Waals surface area contributed by atoms with E-state index in [2.05, 4.69) is 31.2 Å². The summed E-state index contributed by atoms with van der Waals surface area (Å²) in [5, 5.41) is 12.3. The number of hydrogen-bond acceptors (Lipinski definition) is 6. The highest BCUT2D eigenvalue weighted by Gasteiger charge is 2.58. The highest BCUT2D eigenvalue weighted by molar-refractivity contribution is 9.10. The van der Waals surface area contributed by atoms with Crippen molar-refractivity contribution in [2.45, 2.75) is 5.41 Å². The second-order valence-electron chi connectivity index (χ2n) is 5.46. The number of halogens is 1. The quantitative estimate of drug-likeness (QED) is 0.492. The van der Waals surface area contributed by atoms with E-state index in [0.717, 1.165) is 0 Å². The summed E-state index contributed by atoms with van der Waals surface area (Å²) in [5.41, 5.74) is 2.69. The molecule has 3 heterocycles. The first-order valence-corrected chi connectivity index (χ1v) is 7.75. The summed E-state index contributed by atoms with van der Waals surface area (Å²) >= 11 is 3.32. The first-order valence-electron chi connectivity index (χ1n) is 6.96. The van der Waals surface area contributed by atoms with Crippen LogP contribution in [0.3, 0.4) is 0 Å². The highest BCUT2D eigenvalue weighted by Crippen LogP contribution is 2.51. The number of fused-ring (bicyclic) bond motifs is 4. The zero-order valence-corrected chi connectivity index (χ0v) is 13.9. The topological polar surface area (TPSA) is 154 Å². The second kappa shape index (κ2) is 4.84. The number of aromatic nitrogens is 2. The number of aromatic amines is 2. The van der Waals surface area contributed by atoms with Crippen molar-refractivity contribution in [3.05, 3.63) is 66.1 Å². The molecular formula is C15H8BrN5O4. The van der Waals surface area contributed by atoms with Gasteiger partial charge in [-0.1, -0.05) is 15.9 Å². The van der Waals surface area contributed by atoms with Crippen molar-refractivity contribution in [3.63, 3.8) is 0 Å². The molecule has 1 spiro atoms. The van der Waals surface area contributed by atoms with Gasteiger partial charge < -0.3 is 15.8 Å². The van der Waals surface area contributed by atoms with Crippen molar-refractivity contribution >= 4 is 27.5 Å². The van der Waals surface area contributed by atoms with Crippen LogP contribution in [0.25, 0.3) is 0 Å². The molecule has 2 aliphatic heterocycles. The molecule has 0 saturated heterocycles. The fourth-order valence-corrected chi connectivity index (χ4v) is 3.62. The average molecular weight is 402 g/mol. The molecule has 1 amide bonds. The van der Waals surface area contributed by atoms with Gasteiger partial charge in [0.05, 0.1) is 0 Å². The number of ether oxygens (including phenoxy) is 1. The predicted molar refractivity (Wildman–Crippen MR) is 88.7 cm³/mol. The Labute approximate surface area is 147 Å². The smallest absolute Gasteiger partial charge is 0.328 e. The Morgan fingerprint density at radius 3 is 2.72 bits per heavy atom. The van der Waals surface area contributed by atoms with Gasteiger partial charge in [0.25, 0.3) is 5.56 Å². The van der Waals surface area contributed by atoms with Gasteiger partial charge in [0.15, 0.2) is 5.41 Å². The summed E-state index contributed by atoms with van der Waals surface area (Å²) in [6.07, 6.45) is 0. The number of hydrogen-bond donors (Lipinski definition) is 4. The third kappa shape index (κ3) is 1.78. The van der Waals surface area contributed by atoms with Crippen LogP contribution in [0.4, 0.5) is 5.69 Å². The molecule has 1 aromatic carbocycles. The fourth-order valence-electron chi connectivity index (χ4n) is 3.26. The van der Waals surface area contributed by atoms with Gasteiger partial charge in [-0.3, -0.25) is 19.6 Å². The minimum absolute atomic E-state index is 0.202. The number of carbonyl (C=O) groups excluding carboxylic acids is 1. The van der Waals surface area contributed by atoms with E-state index in [1.165, 1.54) is 0 Å². The normalized spacial score (nSPS) is 20.6. The lowest BCUT2D eigenvalue weighted by Gasteiger charge is -2.32. The van der Waals surface area contributed by atoms with Crippen molar-refractivity contribution in [1.82, 2.24) is 9.97 Å². The first-order chi connectivity index (χ1) is 11.9. The van der Waals surface area contributed by atoms with E-state index in [4.69, 9.17) is 10.5 Å². The third-order valence-electron chi connectivity index (χ3n) is 4.20. The number of amides is 1. The van der Waals surface area contributed by atoms with E-state index in [1.54, 1.807) is 18.2 Å². The number of nitrogens with one attached hydrogen (secondary N) is 3. The Morgan fingerprint density at radius 1 is 1.24 bits per heavy atom. The van der Waals surface area contributed by atoms with Crippen molar-refractivity contribution < 1.29 is 9.53 Å². The Morgan fingerprint density at radius 2 is 2.00 bits per heavy atom. The van der Waals surface area contributed by atoms with Gasteiger partial charge in [0, 0.05) is 15.7 Å². The maximum absolute atomic E-state index is 13.0. The van der Waals surface area contributed by atoms with Crippen LogP contribution in [0.1, 0.15) is 11.1 Å². The average Bonchev–Trinajstić information content (AvgIpc) is 2.80. The summed E-state index contributed by atoms with van der Waals surface area (Å²) in [7, 11) is 0. The molecule has 2 aliphatic rings. The summed E-state index contributed by atoms with van der Waals surface area (Å²) in [4.78, 5) is 41.5. The minimum Gasteiger partial charge on any atom is -0.423 e. The van der Waals surface area contributed by atoms with E-state index < -0.39 is 22.6 Å². The molecule has 0 saturated carbocycles. The standard InChI is InChI=1S/C15H8BrN5O4/c16-5-1-2-8-6(3-5)15(13(23)19-8)7(4-17)10(18)25-12-9(15)11(22)20-14(24)21-12/h1-3H,18H2,(H,19,23)(H2,20,21,22,24)/t15-/m0/s1. The van der Waals surface area contributed by atoms with Crippen LogP contribution in [-0.4, -0.2) is 15.9 Å². The van der Waals surface area contributed by atoms with E-state index in [-0.39, 0.29) is 22.9 Å². The van der Waals surface area contributed by atoms with Crippen molar-refractivity contribution in [3.8, 4) is 11.9 Å². The van der Waals surface area contributed by atoms with E-state index in [0.29, 0.717) is 15.7 Å². The predicted octanol–water partition coefficient (Wildman–Crippen LogP) is 0.150. The van der Waals surface area contributed by atoms with Gasteiger partial charge in [-0.2, -0.15) is 5.26 Å². The number of nitrogens with zero attached hydrogens (tertiary/aromatic N) is 1. The molecule has 10 heteroatoms. The Kier molecular flexibility index (Phi) is 2.95. The van der Waals surface area contributed by atoms with Gasteiger partial charge in [0.2, 0.25) is 17.7 Å². The minimum atomic E-state index is -1.82. The van der Waals surface area contributed by atoms with Crippen LogP contribution in [0.5, 0.6) is 5.88 Å². The molecule has 0 fully saturated rings. The lowest BCUT2D eigenvalue weighted by atomic mass is 9.70. The lowest BCUT2D eigenvalue weighted by molar-refractivity contribution is -0.118. The molecule has 2 aromatic rings. The molecule has 9 nitrogen and oxygen atoms in total. The van der Waals surface area contributed by atoms with Crippen molar-refractivity contribution in [1.29, 1.82) is 5.26 Å². The van der Waals surface area contributed by atoms with E-state index >= 15 is 0 Å². The Balaban J connectivity index is 2.24. The molecule has 0 radical (unpaired) electrons. The van der Waals surface area contributed by atoms with Crippen LogP contribution < -0.4 is 27.0 Å². The molecule has 0 aliphatic carbocycles. The maximum atomic E-state index is 13.0. The third-order valence-corrected chi connectivity index (χ3v) is 4.70. The molecule has 124 valence electrons. The van der Waals surface area contributed by atoms with Gasteiger partial charge in [-0.15, -0.1) is 0 Å². The number of nitrogens with two attached hydrogens (primary N) is 1. The zero-order valence-electron chi connectivity index (χ0n) is 12.3. The largest absolute Gasteiger partial charge is 0.423 e. The van der Waals surface area contributed by atoms with E-state index in [9.17, 15) is 19.6 Å². The van der Waals surface area contributed by atoms with Gasteiger partial charge in [0.1, 0.15) is 17.2 Å². The molecule has 0 unspecified atom stereocenters. The lowest BCUT2D eigenvalue weighted by Crippen LogP contribution is -2.48. The van der Waals surface area contributed by atoms with Crippen LogP contribution in [0.2, 0.25) is 0 Å². The Bertz CT molecular complexity index is 1160. The Hall–Kier alpha value is -3.32. The zero-order chi connectivity index (χ0) is 17.9. The van der Waals surface area contributed by atoms with Crippen molar-refractivity contribution in [2.24, 2.45) is 5.73 Å². The van der Waals surface area contributed by atoms with Gasteiger partial charge in [-0.25, -0.2) is 4.79 Å². The summed E-state index contributed by atoms with van der Waals surface area (Å²) < 4.78 is 5.88. The molecule has 1 atom stereocenters. The van der Waals surface area contributed by atoms with E-state index in [1.807, 2.05) is 6.07 Å². The molecule has 1 aromatic heterocycles. The summed E-state index contributed by atoms with van der Waals surface area (Å²) in [6.45, 7) is 0. The van der Waals surface area contributed by atoms with Crippen LogP contribution in [0.15, 0.2) is 43.7 Å². The maximum Gasteiger partial charge on any atom is 0.328 e. The monoisotopic (exact) mass is 401 g/mol. The summed E-state index contributed by atoms with van der Waals surface area (Å²) in [6, 6.07) is 6.81. The number of anilines is 1. The van der Waals surface area contributed by atoms with Gasteiger partial charge >= 0.3 is 5.69 Å². The van der Waals surface area contributed by atoms with Crippen LogP contribution >= 0.6 is 15.9 Å².